The summed E-state index contributed by atoms with van der Waals surface area (Å²) in [5, 5.41) is 8.38. The van der Waals surface area contributed by atoms with Crippen molar-refractivity contribution >= 4 is 0 Å². The summed E-state index contributed by atoms with van der Waals surface area (Å²) in [6.45, 7) is 0. The van der Waals surface area contributed by atoms with Crippen molar-refractivity contribution in [2.24, 2.45) is 5.92 Å². The molecule has 1 heteroatoms. The monoisotopic (exact) mass is 230 g/mol. The van der Waals surface area contributed by atoms with E-state index in [1.165, 1.54) is 32.1 Å². The van der Waals surface area contributed by atoms with Crippen molar-refractivity contribution in [3.05, 3.63) is 60.9 Å². The van der Waals surface area contributed by atoms with Gasteiger partial charge in [0.05, 0.1) is 6.26 Å². The van der Waals surface area contributed by atoms with Crippen molar-refractivity contribution in [2.75, 3.05) is 0 Å². The van der Waals surface area contributed by atoms with Crippen LogP contribution in [0.1, 0.15) is 32.1 Å². The molecular formula is C16H22O. The molecule has 1 nitrogen and oxygen atoms in total. The molecule has 1 N–H and O–H groups in total. The van der Waals surface area contributed by atoms with E-state index in [-0.39, 0.29) is 0 Å². The summed E-state index contributed by atoms with van der Waals surface area (Å²) in [6, 6.07) is 0. The van der Waals surface area contributed by atoms with E-state index in [1.54, 1.807) is 12.2 Å². The zero-order valence-electron chi connectivity index (χ0n) is 10.3. The average molecular weight is 230 g/mol. The van der Waals surface area contributed by atoms with Gasteiger partial charge < -0.3 is 5.11 Å². The molecule has 92 valence electrons. The lowest BCUT2D eigenvalue weighted by Crippen LogP contribution is -2.02. The maximum Gasteiger partial charge on any atom is 0.0791 e. The fourth-order valence-corrected chi connectivity index (χ4v) is 1.98. The summed E-state index contributed by atoms with van der Waals surface area (Å²) >= 11 is 0. The summed E-state index contributed by atoms with van der Waals surface area (Å²) in [4.78, 5) is 0. The number of rotatable bonds is 5. The van der Waals surface area contributed by atoms with Crippen LogP contribution in [0.15, 0.2) is 60.9 Å². The van der Waals surface area contributed by atoms with Crippen LogP contribution in [0.5, 0.6) is 0 Å². The number of hydrogen-bond donors (Lipinski definition) is 1. The normalized spacial score (nSPS) is 19.8. The van der Waals surface area contributed by atoms with Gasteiger partial charge in [-0.05, 0) is 24.8 Å². The predicted octanol–water partition coefficient (Wildman–Crippen LogP) is 4.86. The first-order chi connectivity index (χ1) is 8.43. The molecule has 0 spiro atoms. The van der Waals surface area contributed by atoms with Crippen LogP contribution in [0.25, 0.3) is 0 Å². The second-order valence-electron chi connectivity index (χ2n) is 4.28. The Labute approximate surface area is 105 Å². The topological polar surface area (TPSA) is 20.2 Å². The minimum Gasteiger partial charge on any atom is -0.516 e. The molecule has 0 aromatic carbocycles. The summed E-state index contributed by atoms with van der Waals surface area (Å²) < 4.78 is 0. The molecule has 1 aliphatic carbocycles. The number of aliphatic hydroxyl groups excluding tert-OH is 1. The zero-order valence-corrected chi connectivity index (χ0v) is 10.3. The summed E-state index contributed by atoms with van der Waals surface area (Å²) in [5.74, 6) is 0.798. The van der Waals surface area contributed by atoms with Crippen LogP contribution < -0.4 is 0 Å². The first kappa shape index (κ1) is 13.6. The molecule has 0 atom stereocenters. The van der Waals surface area contributed by atoms with Gasteiger partial charge in [0.25, 0.3) is 0 Å². The van der Waals surface area contributed by atoms with Gasteiger partial charge in [-0.15, -0.1) is 0 Å². The Bertz CT molecular complexity index is 312. The van der Waals surface area contributed by atoms with Crippen LogP contribution in [0.2, 0.25) is 0 Å². The second kappa shape index (κ2) is 9.71. The van der Waals surface area contributed by atoms with Gasteiger partial charge in [-0.25, -0.2) is 0 Å². The molecule has 1 rings (SSSR count). The smallest absolute Gasteiger partial charge is 0.0791 e. The van der Waals surface area contributed by atoms with Gasteiger partial charge >= 0.3 is 0 Å². The molecule has 0 aliphatic heterocycles. The highest BCUT2D eigenvalue weighted by atomic mass is 16.2. The SMILES string of the molecule is O/C=C/C=C/C=C/C=C/C=C/C1CCCCC1. The standard InChI is InChI=1S/C16H22O/c17-15-11-6-4-2-1-3-5-8-12-16-13-9-7-10-14-16/h1-6,8,11-12,15-17H,7,9-10,13-14H2/b2-1+,5-3+,6-4+,12-8+,15-11+. The van der Waals surface area contributed by atoms with Crippen LogP contribution >= 0.6 is 0 Å². The van der Waals surface area contributed by atoms with Gasteiger partial charge in [0.2, 0.25) is 0 Å². The van der Waals surface area contributed by atoms with Gasteiger partial charge in [0.15, 0.2) is 0 Å². The van der Waals surface area contributed by atoms with E-state index in [1.807, 2.05) is 24.3 Å². The van der Waals surface area contributed by atoms with Crippen molar-refractivity contribution < 1.29 is 5.11 Å². The maximum absolute atomic E-state index is 8.38. The number of hydrogen-bond acceptors (Lipinski definition) is 1. The van der Waals surface area contributed by atoms with Gasteiger partial charge in [0.1, 0.15) is 0 Å². The predicted molar refractivity (Wildman–Crippen MR) is 74.9 cm³/mol. The van der Waals surface area contributed by atoms with E-state index < -0.39 is 0 Å². The van der Waals surface area contributed by atoms with Crippen LogP contribution in [0.3, 0.4) is 0 Å². The van der Waals surface area contributed by atoms with Gasteiger partial charge in [-0.3, -0.25) is 0 Å². The van der Waals surface area contributed by atoms with Crippen molar-refractivity contribution in [3.8, 4) is 0 Å². The molecule has 17 heavy (non-hydrogen) atoms. The molecule has 0 saturated heterocycles. The second-order valence-corrected chi connectivity index (χ2v) is 4.28. The fraction of sp³-hybridized carbons (Fsp3) is 0.375. The third-order valence-corrected chi connectivity index (χ3v) is 2.90. The van der Waals surface area contributed by atoms with E-state index >= 15 is 0 Å². The third kappa shape index (κ3) is 7.40. The lowest BCUT2D eigenvalue weighted by Gasteiger charge is -2.17. The van der Waals surface area contributed by atoms with Crippen LogP contribution in [0.4, 0.5) is 0 Å². The first-order valence-corrected chi connectivity index (χ1v) is 6.41. The van der Waals surface area contributed by atoms with Crippen molar-refractivity contribution in [2.45, 2.75) is 32.1 Å². The van der Waals surface area contributed by atoms with Gasteiger partial charge in [-0.2, -0.15) is 0 Å². The molecule has 1 fully saturated rings. The fourth-order valence-electron chi connectivity index (χ4n) is 1.98. The number of aliphatic hydroxyl groups is 1. The minimum absolute atomic E-state index is 0.798. The Balaban J connectivity index is 2.18. The molecule has 0 radical (unpaired) electrons. The summed E-state index contributed by atoms with van der Waals surface area (Å²) in [7, 11) is 0. The summed E-state index contributed by atoms with van der Waals surface area (Å²) in [6.07, 6.45) is 25.7. The highest BCUT2D eigenvalue weighted by Crippen LogP contribution is 2.24. The minimum atomic E-state index is 0.798. The largest absolute Gasteiger partial charge is 0.516 e. The Hall–Kier alpha value is -1.50. The van der Waals surface area contributed by atoms with Gasteiger partial charge in [-0.1, -0.05) is 67.9 Å². The summed E-state index contributed by atoms with van der Waals surface area (Å²) in [5.41, 5.74) is 0. The Kier molecular flexibility index (Phi) is 7.75. The Morgan fingerprint density at radius 3 is 1.76 bits per heavy atom. The molecule has 0 bridgehead atoms. The van der Waals surface area contributed by atoms with Crippen molar-refractivity contribution in [1.29, 1.82) is 0 Å². The van der Waals surface area contributed by atoms with Crippen LogP contribution in [-0.4, -0.2) is 5.11 Å². The van der Waals surface area contributed by atoms with E-state index in [4.69, 9.17) is 5.11 Å². The third-order valence-electron chi connectivity index (χ3n) is 2.90. The molecule has 0 aromatic rings. The maximum atomic E-state index is 8.38. The lowest BCUT2D eigenvalue weighted by atomic mass is 9.89. The van der Waals surface area contributed by atoms with E-state index in [0.717, 1.165) is 12.2 Å². The average Bonchev–Trinajstić information content (AvgIpc) is 2.38. The molecule has 0 heterocycles. The first-order valence-electron chi connectivity index (χ1n) is 6.41. The quantitative estimate of drug-likeness (QED) is 0.528. The van der Waals surface area contributed by atoms with E-state index in [2.05, 4.69) is 18.2 Å². The van der Waals surface area contributed by atoms with Gasteiger partial charge in [0, 0.05) is 0 Å². The zero-order chi connectivity index (χ0) is 12.2. The molecule has 0 unspecified atom stereocenters. The number of allylic oxidation sites excluding steroid dienone is 9. The lowest BCUT2D eigenvalue weighted by molar-refractivity contribution is 0.419. The van der Waals surface area contributed by atoms with Crippen molar-refractivity contribution in [3.63, 3.8) is 0 Å². The van der Waals surface area contributed by atoms with Crippen LogP contribution in [-0.2, 0) is 0 Å². The molecule has 1 saturated carbocycles. The highest BCUT2D eigenvalue weighted by molar-refractivity contribution is 5.17. The molecule has 0 amide bonds. The van der Waals surface area contributed by atoms with E-state index in [0.29, 0.717) is 0 Å². The van der Waals surface area contributed by atoms with Crippen LogP contribution in [0, 0.1) is 5.92 Å². The highest BCUT2D eigenvalue weighted by Gasteiger charge is 2.08. The molecular weight excluding hydrogens is 208 g/mol. The van der Waals surface area contributed by atoms with Crippen molar-refractivity contribution in [1.82, 2.24) is 0 Å². The Morgan fingerprint density at radius 1 is 0.647 bits per heavy atom. The molecule has 1 aliphatic rings. The Morgan fingerprint density at radius 2 is 1.18 bits per heavy atom. The molecule has 0 aromatic heterocycles. The van der Waals surface area contributed by atoms with E-state index in [9.17, 15) is 0 Å².